The molecule has 1 aromatic rings. The molecule has 0 aliphatic carbocycles. The van der Waals surface area contributed by atoms with Gasteiger partial charge < -0.3 is 20.4 Å². The van der Waals surface area contributed by atoms with Gasteiger partial charge in [0.05, 0.1) is 23.4 Å². The van der Waals surface area contributed by atoms with Gasteiger partial charge >= 0.3 is 12.0 Å². The standard InChI is InChI=1S/C14H17BrN2O4/c1-14(21)5-2-6-17(8-14)13(20)16-11-7-9(12(18)19)3-4-10(11)15/h3-4,7,21H,2,5-6,8H2,1H3,(H,16,20)(H,18,19). The Morgan fingerprint density at radius 2 is 2.14 bits per heavy atom. The zero-order chi connectivity index (χ0) is 15.6. The summed E-state index contributed by atoms with van der Waals surface area (Å²) in [5, 5.41) is 21.7. The van der Waals surface area contributed by atoms with Crippen molar-refractivity contribution in [2.45, 2.75) is 25.4 Å². The van der Waals surface area contributed by atoms with E-state index in [2.05, 4.69) is 21.2 Å². The highest BCUT2D eigenvalue weighted by Gasteiger charge is 2.31. The third-order valence-electron chi connectivity index (χ3n) is 3.42. The molecule has 1 aromatic carbocycles. The van der Waals surface area contributed by atoms with Crippen LogP contribution in [0, 0.1) is 0 Å². The zero-order valence-electron chi connectivity index (χ0n) is 11.6. The zero-order valence-corrected chi connectivity index (χ0v) is 13.2. The van der Waals surface area contributed by atoms with E-state index in [4.69, 9.17) is 5.11 Å². The number of halogens is 1. The molecule has 2 rings (SSSR count). The molecule has 1 atom stereocenters. The summed E-state index contributed by atoms with van der Waals surface area (Å²) in [6.45, 7) is 2.53. The van der Waals surface area contributed by atoms with Gasteiger partial charge in [-0.3, -0.25) is 0 Å². The number of urea groups is 1. The van der Waals surface area contributed by atoms with Gasteiger partial charge in [0.15, 0.2) is 0 Å². The lowest BCUT2D eigenvalue weighted by atomic mass is 9.95. The first-order chi connectivity index (χ1) is 9.78. The van der Waals surface area contributed by atoms with E-state index < -0.39 is 11.6 Å². The Balaban J connectivity index is 2.12. The Kier molecular flexibility index (Phi) is 4.53. The Bertz CT molecular complexity index is 574. The van der Waals surface area contributed by atoms with Crippen molar-refractivity contribution in [1.29, 1.82) is 0 Å². The normalized spacial score (nSPS) is 22.0. The van der Waals surface area contributed by atoms with Gasteiger partial charge in [0.1, 0.15) is 0 Å². The second kappa shape index (κ2) is 6.03. The van der Waals surface area contributed by atoms with E-state index in [1.807, 2.05) is 0 Å². The lowest BCUT2D eigenvalue weighted by molar-refractivity contribution is -0.000638. The third-order valence-corrected chi connectivity index (χ3v) is 4.11. The Morgan fingerprint density at radius 3 is 2.76 bits per heavy atom. The first kappa shape index (κ1) is 15.8. The van der Waals surface area contributed by atoms with E-state index in [-0.39, 0.29) is 18.1 Å². The first-order valence-corrected chi connectivity index (χ1v) is 7.39. The average molecular weight is 357 g/mol. The van der Waals surface area contributed by atoms with Gasteiger partial charge in [0.2, 0.25) is 0 Å². The van der Waals surface area contributed by atoms with Crippen molar-refractivity contribution >= 4 is 33.6 Å². The summed E-state index contributed by atoms with van der Waals surface area (Å²) >= 11 is 3.28. The molecule has 6 nitrogen and oxygen atoms in total. The molecular formula is C14H17BrN2O4. The third kappa shape index (κ3) is 3.95. The van der Waals surface area contributed by atoms with Crippen LogP contribution in [-0.4, -0.2) is 45.8 Å². The van der Waals surface area contributed by atoms with Gasteiger partial charge in [-0.15, -0.1) is 0 Å². The van der Waals surface area contributed by atoms with Gasteiger partial charge in [-0.2, -0.15) is 0 Å². The van der Waals surface area contributed by atoms with Crippen LogP contribution < -0.4 is 5.32 Å². The van der Waals surface area contributed by atoms with E-state index in [1.165, 1.54) is 17.0 Å². The number of carbonyl (C=O) groups is 2. The van der Waals surface area contributed by atoms with Crippen LogP contribution in [0.5, 0.6) is 0 Å². The molecule has 114 valence electrons. The van der Waals surface area contributed by atoms with Gasteiger partial charge in [0, 0.05) is 11.0 Å². The van der Waals surface area contributed by atoms with Gasteiger partial charge in [-0.25, -0.2) is 9.59 Å². The van der Waals surface area contributed by atoms with Crippen LogP contribution in [0.3, 0.4) is 0 Å². The van der Waals surface area contributed by atoms with Crippen LogP contribution in [0.2, 0.25) is 0 Å². The minimum Gasteiger partial charge on any atom is -0.478 e. The first-order valence-electron chi connectivity index (χ1n) is 6.60. The van der Waals surface area contributed by atoms with Gasteiger partial charge in [-0.05, 0) is 53.9 Å². The number of benzene rings is 1. The number of rotatable bonds is 2. The van der Waals surface area contributed by atoms with Crippen molar-refractivity contribution in [2.75, 3.05) is 18.4 Å². The smallest absolute Gasteiger partial charge is 0.335 e. The number of amides is 2. The average Bonchev–Trinajstić information content (AvgIpc) is 2.39. The second-order valence-electron chi connectivity index (χ2n) is 5.45. The fraction of sp³-hybridized carbons (Fsp3) is 0.429. The number of nitrogens with zero attached hydrogens (tertiary/aromatic N) is 1. The van der Waals surface area contributed by atoms with E-state index in [1.54, 1.807) is 13.0 Å². The highest BCUT2D eigenvalue weighted by molar-refractivity contribution is 9.10. The summed E-state index contributed by atoms with van der Waals surface area (Å²) in [4.78, 5) is 24.7. The van der Waals surface area contributed by atoms with E-state index >= 15 is 0 Å². The minimum atomic E-state index is -1.06. The number of carbonyl (C=O) groups excluding carboxylic acids is 1. The maximum absolute atomic E-state index is 12.2. The molecule has 0 bridgehead atoms. The van der Waals surface area contributed by atoms with Crippen molar-refractivity contribution in [3.05, 3.63) is 28.2 Å². The second-order valence-corrected chi connectivity index (χ2v) is 6.31. The monoisotopic (exact) mass is 356 g/mol. The van der Waals surface area contributed by atoms with Crippen molar-refractivity contribution in [3.63, 3.8) is 0 Å². The fourth-order valence-corrected chi connectivity index (χ4v) is 2.69. The summed E-state index contributed by atoms with van der Waals surface area (Å²) in [5.41, 5.74) is -0.389. The predicted octanol–water partition coefficient (Wildman–Crippen LogP) is 2.53. The van der Waals surface area contributed by atoms with Crippen LogP contribution >= 0.6 is 15.9 Å². The summed E-state index contributed by atoms with van der Waals surface area (Å²) in [6.07, 6.45) is 1.39. The van der Waals surface area contributed by atoms with Crippen LogP contribution in [-0.2, 0) is 0 Å². The van der Waals surface area contributed by atoms with Gasteiger partial charge in [-0.1, -0.05) is 0 Å². The molecule has 1 heterocycles. The molecule has 21 heavy (non-hydrogen) atoms. The molecular weight excluding hydrogens is 340 g/mol. The molecule has 1 fully saturated rings. The molecule has 3 N–H and O–H groups in total. The maximum Gasteiger partial charge on any atom is 0.335 e. The number of likely N-dealkylation sites (tertiary alicyclic amines) is 1. The molecule has 1 aliphatic rings. The molecule has 0 radical (unpaired) electrons. The van der Waals surface area contributed by atoms with Gasteiger partial charge in [0.25, 0.3) is 0 Å². The fourth-order valence-electron chi connectivity index (χ4n) is 2.34. The van der Waals surface area contributed by atoms with E-state index in [0.29, 0.717) is 23.1 Å². The van der Waals surface area contributed by atoms with Crippen LogP contribution in [0.1, 0.15) is 30.1 Å². The molecule has 0 spiro atoms. The number of aliphatic hydroxyl groups is 1. The van der Waals surface area contributed by atoms with Crippen molar-refractivity contribution in [3.8, 4) is 0 Å². The number of β-amino-alcohol motifs (C(OH)–C–C–N with tert-alkyl or cyclic N) is 1. The number of carboxylic acids is 1. The summed E-state index contributed by atoms with van der Waals surface area (Å²) in [6, 6.07) is 4.07. The summed E-state index contributed by atoms with van der Waals surface area (Å²) in [7, 11) is 0. The molecule has 1 aliphatic heterocycles. The molecule has 2 amide bonds. The molecule has 1 saturated heterocycles. The van der Waals surface area contributed by atoms with Crippen LogP contribution in [0.25, 0.3) is 0 Å². The van der Waals surface area contributed by atoms with Crippen molar-refractivity contribution in [2.24, 2.45) is 0 Å². The molecule has 7 heteroatoms. The number of piperidine rings is 1. The SMILES string of the molecule is CC1(O)CCCN(C(=O)Nc2cc(C(=O)O)ccc2Br)C1. The highest BCUT2D eigenvalue weighted by atomic mass is 79.9. The van der Waals surface area contributed by atoms with Crippen molar-refractivity contribution < 1.29 is 19.8 Å². The molecule has 1 unspecified atom stereocenters. The number of carboxylic acid groups (broad SMARTS) is 1. The number of anilines is 1. The van der Waals surface area contributed by atoms with Crippen LogP contribution in [0.4, 0.5) is 10.5 Å². The predicted molar refractivity (Wildman–Crippen MR) is 81.6 cm³/mol. The quantitative estimate of drug-likeness (QED) is 0.759. The van der Waals surface area contributed by atoms with Crippen LogP contribution in [0.15, 0.2) is 22.7 Å². The lowest BCUT2D eigenvalue weighted by Crippen LogP contribution is -2.50. The Labute approximate surface area is 130 Å². The molecule has 0 aromatic heterocycles. The number of aromatic carboxylic acids is 1. The number of nitrogens with one attached hydrogen (secondary N) is 1. The number of hydrogen-bond donors (Lipinski definition) is 3. The van der Waals surface area contributed by atoms with Crippen molar-refractivity contribution in [1.82, 2.24) is 4.90 Å². The topological polar surface area (TPSA) is 89.9 Å². The summed E-state index contributed by atoms with van der Waals surface area (Å²) < 4.78 is 0.601. The van der Waals surface area contributed by atoms with E-state index in [0.717, 1.165) is 6.42 Å². The summed E-state index contributed by atoms with van der Waals surface area (Å²) in [5.74, 6) is -1.06. The van der Waals surface area contributed by atoms with E-state index in [9.17, 15) is 14.7 Å². The highest BCUT2D eigenvalue weighted by Crippen LogP contribution is 2.25. The molecule has 0 saturated carbocycles. The lowest BCUT2D eigenvalue weighted by Gasteiger charge is -2.36. The minimum absolute atomic E-state index is 0.0964. The Hall–Kier alpha value is -1.60. The Morgan fingerprint density at radius 1 is 1.43 bits per heavy atom. The maximum atomic E-state index is 12.2. The largest absolute Gasteiger partial charge is 0.478 e. The number of hydrogen-bond acceptors (Lipinski definition) is 3.